The van der Waals surface area contributed by atoms with Crippen LogP contribution < -0.4 is 5.32 Å². The highest BCUT2D eigenvalue weighted by Crippen LogP contribution is 2.21. The van der Waals surface area contributed by atoms with Crippen LogP contribution in [0.3, 0.4) is 0 Å². The Morgan fingerprint density at radius 1 is 1.32 bits per heavy atom. The number of aromatic nitrogens is 2. The second-order valence-corrected chi connectivity index (χ2v) is 5.11. The fourth-order valence-electron chi connectivity index (χ4n) is 2.11. The van der Waals surface area contributed by atoms with Crippen molar-refractivity contribution in [3.8, 4) is 0 Å². The first-order valence-electron chi connectivity index (χ1n) is 6.85. The smallest absolute Gasteiger partial charge is 0.338 e. The number of halogens is 1. The molecule has 5 nitrogen and oxygen atoms in total. The molecule has 0 saturated carbocycles. The summed E-state index contributed by atoms with van der Waals surface area (Å²) in [6.45, 7) is 2.13. The normalized spacial score (nSPS) is 10.6. The minimum atomic E-state index is -0.344. The molecule has 0 saturated heterocycles. The molecule has 0 radical (unpaired) electrons. The van der Waals surface area contributed by atoms with Crippen LogP contribution in [0.1, 0.15) is 17.3 Å². The zero-order chi connectivity index (χ0) is 15.5. The zero-order valence-electron chi connectivity index (χ0n) is 11.9. The number of aromatic amines is 1. The molecule has 0 aliphatic carbocycles. The van der Waals surface area contributed by atoms with Gasteiger partial charge >= 0.3 is 5.97 Å². The van der Waals surface area contributed by atoms with Gasteiger partial charge in [0, 0.05) is 10.7 Å². The third-order valence-electron chi connectivity index (χ3n) is 3.08. The van der Waals surface area contributed by atoms with Gasteiger partial charge in [0.2, 0.25) is 5.95 Å². The number of hydrogen-bond acceptors (Lipinski definition) is 4. The zero-order valence-corrected chi connectivity index (χ0v) is 12.6. The van der Waals surface area contributed by atoms with Gasteiger partial charge < -0.3 is 15.0 Å². The highest BCUT2D eigenvalue weighted by molar-refractivity contribution is 6.30. The summed E-state index contributed by atoms with van der Waals surface area (Å²) >= 11 is 5.95. The number of hydrogen-bond donors (Lipinski definition) is 2. The van der Waals surface area contributed by atoms with Crippen LogP contribution in [-0.2, 0) is 4.74 Å². The summed E-state index contributed by atoms with van der Waals surface area (Å²) < 4.78 is 4.99. The van der Waals surface area contributed by atoms with E-state index in [1.807, 2.05) is 12.1 Å². The molecule has 0 spiro atoms. The number of carbonyl (C=O) groups excluding carboxylic acids is 1. The summed E-state index contributed by atoms with van der Waals surface area (Å²) in [6.07, 6.45) is 0. The fraction of sp³-hybridized carbons (Fsp3) is 0.125. The molecule has 0 bridgehead atoms. The number of ether oxygens (including phenoxy) is 1. The molecular formula is C16H14ClN3O2. The Hall–Kier alpha value is -2.53. The second kappa shape index (κ2) is 6.07. The van der Waals surface area contributed by atoms with Crippen molar-refractivity contribution in [1.29, 1.82) is 0 Å². The summed E-state index contributed by atoms with van der Waals surface area (Å²) in [6, 6.07) is 12.6. The second-order valence-electron chi connectivity index (χ2n) is 4.67. The maximum atomic E-state index is 11.7. The number of carbonyl (C=O) groups is 1. The van der Waals surface area contributed by atoms with Gasteiger partial charge in [-0.15, -0.1) is 0 Å². The van der Waals surface area contributed by atoms with Crippen molar-refractivity contribution in [2.75, 3.05) is 11.9 Å². The molecule has 0 aliphatic heterocycles. The quantitative estimate of drug-likeness (QED) is 0.710. The van der Waals surface area contributed by atoms with E-state index in [1.54, 1.807) is 37.3 Å². The standard InChI is InChI=1S/C16H14ClN3O2/c1-2-22-15(21)10-6-7-13-14(8-10)20-16(19-13)18-12-5-3-4-11(17)9-12/h3-9H,2H2,1H3,(H2,18,19,20). The third-order valence-corrected chi connectivity index (χ3v) is 3.32. The molecule has 2 aromatic carbocycles. The Morgan fingerprint density at radius 3 is 2.95 bits per heavy atom. The molecular weight excluding hydrogens is 302 g/mol. The Kier molecular flexibility index (Phi) is 3.98. The van der Waals surface area contributed by atoms with Crippen molar-refractivity contribution < 1.29 is 9.53 Å². The van der Waals surface area contributed by atoms with Gasteiger partial charge in [0.25, 0.3) is 0 Å². The fourth-order valence-corrected chi connectivity index (χ4v) is 2.30. The predicted molar refractivity (Wildman–Crippen MR) is 86.8 cm³/mol. The van der Waals surface area contributed by atoms with Crippen LogP contribution in [0.15, 0.2) is 42.5 Å². The van der Waals surface area contributed by atoms with E-state index >= 15 is 0 Å². The van der Waals surface area contributed by atoms with Gasteiger partial charge in [-0.3, -0.25) is 0 Å². The number of nitrogens with zero attached hydrogens (tertiary/aromatic N) is 1. The summed E-state index contributed by atoms with van der Waals surface area (Å²) in [5.74, 6) is 0.238. The molecule has 3 aromatic rings. The highest BCUT2D eigenvalue weighted by atomic mass is 35.5. The van der Waals surface area contributed by atoms with Crippen molar-refractivity contribution in [1.82, 2.24) is 9.97 Å². The molecule has 6 heteroatoms. The van der Waals surface area contributed by atoms with Gasteiger partial charge in [-0.2, -0.15) is 0 Å². The summed E-state index contributed by atoms with van der Waals surface area (Å²) in [5.41, 5.74) is 2.84. The maximum absolute atomic E-state index is 11.7. The van der Waals surface area contributed by atoms with E-state index < -0.39 is 0 Å². The molecule has 0 atom stereocenters. The van der Waals surface area contributed by atoms with Gasteiger partial charge in [0.1, 0.15) is 0 Å². The number of fused-ring (bicyclic) bond motifs is 1. The lowest BCUT2D eigenvalue weighted by atomic mass is 10.2. The van der Waals surface area contributed by atoms with Crippen molar-refractivity contribution in [3.05, 3.63) is 53.1 Å². The van der Waals surface area contributed by atoms with Crippen LogP contribution in [0.25, 0.3) is 11.0 Å². The Labute approximate surface area is 132 Å². The van der Waals surface area contributed by atoms with Crippen LogP contribution in [0, 0.1) is 0 Å². The maximum Gasteiger partial charge on any atom is 0.338 e. The Balaban J connectivity index is 1.88. The third kappa shape index (κ3) is 3.04. The van der Waals surface area contributed by atoms with Crippen molar-refractivity contribution in [2.45, 2.75) is 6.92 Å². The van der Waals surface area contributed by atoms with Crippen LogP contribution in [-0.4, -0.2) is 22.5 Å². The number of H-pyrrole nitrogens is 1. The highest BCUT2D eigenvalue weighted by Gasteiger charge is 2.09. The minimum Gasteiger partial charge on any atom is -0.462 e. The predicted octanol–water partition coefficient (Wildman–Crippen LogP) is 4.14. The van der Waals surface area contributed by atoms with E-state index in [1.165, 1.54) is 0 Å². The monoisotopic (exact) mass is 315 g/mol. The Bertz CT molecular complexity index is 829. The van der Waals surface area contributed by atoms with Crippen molar-refractivity contribution in [2.24, 2.45) is 0 Å². The van der Waals surface area contributed by atoms with Crippen LogP contribution >= 0.6 is 11.6 Å². The molecule has 3 rings (SSSR count). The van der Waals surface area contributed by atoms with E-state index in [9.17, 15) is 4.79 Å². The lowest BCUT2D eigenvalue weighted by Crippen LogP contribution is -2.04. The first-order valence-corrected chi connectivity index (χ1v) is 7.23. The molecule has 0 aliphatic rings. The van der Waals surface area contributed by atoms with Gasteiger partial charge in [0.15, 0.2) is 0 Å². The molecule has 0 fully saturated rings. The first-order chi connectivity index (χ1) is 10.7. The molecule has 2 N–H and O–H groups in total. The average molecular weight is 316 g/mol. The van der Waals surface area contributed by atoms with E-state index in [-0.39, 0.29) is 5.97 Å². The van der Waals surface area contributed by atoms with Crippen molar-refractivity contribution in [3.63, 3.8) is 0 Å². The largest absolute Gasteiger partial charge is 0.462 e. The van der Waals surface area contributed by atoms with E-state index in [0.29, 0.717) is 23.1 Å². The minimum absolute atomic E-state index is 0.344. The number of nitrogens with one attached hydrogen (secondary N) is 2. The lowest BCUT2D eigenvalue weighted by Gasteiger charge is -2.02. The van der Waals surface area contributed by atoms with E-state index in [4.69, 9.17) is 16.3 Å². The number of esters is 1. The summed E-state index contributed by atoms with van der Waals surface area (Å²) in [4.78, 5) is 19.3. The molecule has 1 aromatic heterocycles. The molecule has 0 unspecified atom stereocenters. The van der Waals surface area contributed by atoms with E-state index in [2.05, 4.69) is 15.3 Å². The van der Waals surface area contributed by atoms with Gasteiger partial charge in [0.05, 0.1) is 23.2 Å². The summed E-state index contributed by atoms with van der Waals surface area (Å²) in [5, 5.41) is 3.78. The molecule has 22 heavy (non-hydrogen) atoms. The molecule has 1 heterocycles. The lowest BCUT2D eigenvalue weighted by molar-refractivity contribution is 0.0526. The van der Waals surface area contributed by atoms with Crippen LogP contribution in [0.5, 0.6) is 0 Å². The number of anilines is 2. The average Bonchev–Trinajstić information content (AvgIpc) is 2.88. The number of rotatable bonds is 4. The molecule has 0 amide bonds. The van der Waals surface area contributed by atoms with Crippen molar-refractivity contribution >= 4 is 40.2 Å². The van der Waals surface area contributed by atoms with E-state index in [0.717, 1.165) is 16.7 Å². The van der Waals surface area contributed by atoms with Crippen LogP contribution in [0.4, 0.5) is 11.6 Å². The van der Waals surface area contributed by atoms with Gasteiger partial charge in [-0.1, -0.05) is 17.7 Å². The summed E-state index contributed by atoms with van der Waals surface area (Å²) in [7, 11) is 0. The molecule has 112 valence electrons. The SMILES string of the molecule is CCOC(=O)c1ccc2nc(Nc3cccc(Cl)c3)[nH]c2c1. The number of imidazole rings is 1. The van der Waals surface area contributed by atoms with Crippen LogP contribution in [0.2, 0.25) is 5.02 Å². The first kappa shape index (κ1) is 14.4. The van der Waals surface area contributed by atoms with Gasteiger partial charge in [-0.05, 0) is 43.3 Å². The number of benzene rings is 2. The van der Waals surface area contributed by atoms with Gasteiger partial charge in [-0.25, -0.2) is 9.78 Å². The topological polar surface area (TPSA) is 67.0 Å². The Morgan fingerprint density at radius 2 is 2.18 bits per heavy atom.